The number of aromatic nitrogens is 2. The summed E-state index contributed by atoms with van der Waals surface area (Å²) in [6.07, 6.45) is 2.94. The highest BCUT2D eigenvalue weighted by atomic mass is 16.6. The zero-order valence-corrected chi connectivity index (χ0v) is 11.0. The van der Waals surface area contributed by atoms with Gasteiger partial charge in [-0.05, 0) is 37.5 Å². The van der Waals surface area contributed by atoms with Crippen molar-refractivity contribution in [3.8, 4) is 23.0 Å². The monoisotopic (exact) mass is 273 g/mol. The first-order chi connectivity index (χ1) is 9.74. The van der Waals surface area contributed by atoms with Gasteiger partial charge in [-0.2, -0.15) is 4.98 Å². The van der Waals surface area contributed by atoms with E-state index in [1.165, 1.54) is 0 Å². The van der Waals surface area contributed by atoms with Gasteiger partial charge in [0.1, 0.15) is 13.2 Å². The molecule has 0 amide bonds. The van der Waals surface area contributed by atoms with Gasteiger partial charge in [-0.3, -0.25) is 0 Å². The van der Waals surface area contributed by atoms with Gasteiger partial charge >= 0.3 is 0 Å². The normalized spacial score (nSPS) is 19.4. The first-order valence-corrected chi connectivity index (χ1v) is 6.78. The fraction of sp³-hybridized carbons (Fsp3) is 0.429. The van der Waals surface area contributed by atoms with Gasteiger partial charge in [-0.25, -0.2) is 0 Å². The number of nitrogens with two attached hydrogens (primary N) is 1. The molecule has 1 aliphatic heterocycles. The van der Waals surface area contributed by atoms with Crippen molar-refractivity contribution in [3.63, 3.8) is 0 Å². The van der Waals surface area contributed by atoms with Crippen LogP contribution in [0.3, 0.4) is 0 Å². The van der Waals surface area contributed by atoms with Crippen LogP contribution in [0.2, 0.25) is 0 Å². The van der Waals surface area contributed by atoms with E-state index in [0.717, 1.165) is 30.6 Å². The first-order valence-electron chi connectivity index (χ1n) is 6.78. The zero-order chi connectivity index (χ0) is 13.6. The molecule has 104 valence electrons. The third-order valence-corrected chi connectivity index (χ3v) is 3.91. The summed E-state index contributed by atoms with van der Waals surface area (Å²) in [4.78, 5) is 4.42. The van der Waals surface area contributed by atoms with Crippen molar-refractivity contribution >= 4 is 0 Å². The SMILES string of the molecule is NC1(c2noc(-c3ccc4c(c3)OCCO4)n2)CCC1. The minimum absolute atomic E-state index is 0.407. The lowest BCUT2D eigenvalue weighted by Gasteiger charge is -2.34. The van der Waals surface area contributed by atoms with Crippen molar-refractivity contribution < 1.29 is 14.0 Å². The predicted octanol–water partition coefficient (Wildman–Crippen LogP) is 1.85. The molecule has 0 bridgehead atoms. The number of hydrogen-bond donors (Lipinski definition) is 1. The Balaban J connectivity index is 1.67. The van der Waals surface area contributed by atoms with E-state index in [4.69, 9.17) is 19.7 Å². The Morgan fingerprint density at radius 3 is 2.65 bits per heavy atom. The third kappa shape index (κ3) is 1.76. The molecule has 1 aliphatic carbocycles. The van der Waals surface area contributed by atoms with Crippen LogP contribution in [-0.4, -0.2) is 23.4 Å². The molecule has 2 N–H and O–H groups in total. The summed E-state index contributed by atoms with van der Waals surface area (Å²) in [6, 6.07) is 5.60. The van der Waals surface area contributed by atoms with Gasteiger partial charge in [0.15, 0.2) is 17.3 Å². The summed E-state index contributed by atoms with van der Waals surface area (Å²) < 4.78 is 16.4. The van der Waals surface area contributed by atoms with E-state index in [9.17, 15) is 0 Å². The van der Waals surface area contributed by atoms with Crippen molar-refractivity contribution in [2.75, 3.05) is 13.2 Å². The Morgan fingerprint density at radius 1 is 1.10 bits per heavy atom. The molecule has 0 spiro atoms. The maximum absolute atomic E-state index is 6.20. The lowest BCUT2D eigenvalue weighted by Crippen LogP contribution is -2.44. The van der Waals surface area contributed by atoms with Gasteiger partial charge in [0, 0.05) is 5.56 Å². The lowest BCUT2D eigenvalue weighted by atomic mass is 9.77. The molecule has 2 heterocycles. The van der Waals surface area contributed by atoms with Crippen LogP contribution in [0.15, 0.2) is 22.7 Å². The van der Waals surface area contributed by atoms with Gasteiger partial charge in [-0.1, -0.05) is 5.16 Å². The molecule has 0 saturated heterocycles. The molecule has 0 unspecified atom stereocenters. The van der Waals surface area contributed by atoms with Crippen molar-refractivity contribution in [1.82, 2.24) is 10.1 Å². The predicted molar refractivity (Wildman–Crippen MR) is 70.4 cm³/mol. The van der Waals surface area contributed by atoms with Crippen LogP contribution in [-0.2, 0) is 5.54 Å². The minimum atomic E-state index is -0.407. The molecule has 1 saturated carbocycles. The van der Waals surface area contributed by atoms with Crippen molar-refractivity contribution in [3.05, 3.63) is 24.0 Å². The average molecular weight is 273 g/mol. The molecule has 2 aliphatic rings. The van der Waals surface area contributed by atoms with Gasteiger partial charge in [0.05, 0.1) is 5.54 Å². The van der Waals surface area contributed by atoms with Gasteiger partial charge in [0.25, 0.3) is 5.89 Å². The van der Waals surface area contributed by atoms with E-state index in [-0.39, 0.29) is 0 Å². The molecule has 1 aromatic heterocycles. The maximum atomic E-state index is 6.20. The highest BCUT2D eigenvalue weighted by molar-refractivity contribution is 5.60. The molecule has 1 aromatic carbocycles. The van der Waals surface area contributed by atoms with Crippen LogP contribution < -0.4 is 15.2 Å². The van der Waals surface area contributed by atoms with E-state index >= 15 is 0 Å². The summed E-state index contributed by atoms with van der Waals surface area (Å²) in [5, 5.41) is 4.02. The molecule has 0 atom stereocenters. The molecule has 4 rings (SSSR count). The lowest BCUT2D eigenvalue weighted by molar-refractivity contribution is 0.171. The summed E-state index contributed by atoms with van der Waals surface area (Å²) in [5.74, 6) is 2.51. The average Bonchev–Trinajstić information content (AvgIpc) is 2.94. The van der Waals surface area contributed by atoms with Gasteiger partial charge in [0.2, 0.25) is 0 Å². The Hall–Kier alpha value is -2.08. The smallest absolute Gasteiger partial charge is 0.258 e. The van der Waals surface area contributed by atoms with Gasteiger partial charge in [-0.15, -0.1) is 0 Å². The van der Waals surface area contributed by atoms with Crippen LogP contribution in [0.1, 0.15) is 25.1 Å². The van der Waals surface area contributed by atoms with Crippen molar-refractivity contribution in [2.24, 2.45) is 5.73 Å². The molecule has 1 fully saturated rings. The number of benzene rings is 1. The standard InChI is InChI=1S/C14H15N3O3/c15-14(4-1-5-14)13-16-12(20-17-13)9-2-3-10-11(8-9)19-7-6-18-10/h2-3,8H,1,4-7,15H2. The number of rotatable bonds is 2. The Kier molecular flexibility index (Phi) is 2.47. The number of nitrogens with zero attached hydrogens (tertiary/aromatic N) is 2. The second-order valence-corrected chi connectivity index (χ2v) is 5.29. The molecule has 2 aromatic rings. The number of hydrogen-bond acceptors (Lipinski definition) is 6. The van der Waals surface area contributed by atoms with Crippen LogP contribution in [0, 0.1) is 0 Å². The Bertz CT molecular complexity index is 649. The van der Waals surface area contributed by atoms with Crippen LogP contribution in [0.4, 0.5) is 0 Å². The van der Waals surface area contributed by atoms with Crippen LogP contribution >= 0.6 is 0 Å². The number of ether oxygens (including phenoxy) is 2. The second-order valence-electron chi connectivity index (χ2n) is 5.29. The first kappa shape index (κ1) is 11.7. The van der Waals surface area contributed by atoms with E-state index in [1.54, 1.807) is 0 Å². The highest BCUT2D eigenvalue weighted by Crippen LogP contribution is 2.38. The van der Waals surface area contributed by atoms with Crippen LogP contribution in [0.5, 0.6) is 11.5 Å². The fourth-order valence-electron chi connectivity index (χ4n) is 2.50. The molecule has 0 radical (unpaired) electrons. The largest absolute Gasteiger partial charge is 0.486 e. The van der Waals surface area contributed by atoms with E-state index in [1.807, 2.05) is 18.2 Å². The van der Waals surface area contributed by atoms with Crippen LogP contribution in [0.25, 0.3) is 11.5 Å². The number of fused-ring (bicyclic) bond motifs is 1. The summed E-state index contributed by atoms with van der Waals surface area (Å²) in [6.45, 7) is 1.13. The molecular formula is C14H15N3O3. The minimum Gasteiger partial charge on any atom is -0.486 e. The highest BCUT2D eigenvalue weighted by Gasteiger charge is 2.39. The Labute approximate surface area is 115 Å². The molecule has 6 heteroatoms. The Morgan fingerprint density at radius 2 is 1.90 bits per heavy atom. The summed E-state index contributed by atoms with van der Waals surface area (Å²) in [5.41, 5.74) is 6.61. The van der Waals surface area contributed by atoms with E-state index in [0.29, 0.717) is 30.7 Å². The molecule has 20 heavy (non-hydrogen) atoms. The fourth-order valence-corrected chi connectivity index (χ4v) is 2.50. The summed E-state index contributed by atoms with van der Waals surface area (Å²) in [7, 11) is 0. The summed E-state index contributed by atoms with van der Waals surface area (Å²) >= 11 is 0. The molecule has 6 nitrogen and oxygen atoms in total. The topological polar surface area (TPSA) is 83.4 Å². The third-order valence-electron chi connectivity index (χ3n) is 3.91. The molecular weight excluding hydrogens is 258 g/mol. The van der Waals surface area contributed by atoms with E-state index < -0.39 is 5.54 Å². The second kappa shape index (κ2) is 4.21. The van der Waals surface area contributed by atoms with Crippen molar-refractivity contribution in [1.29, 1.82) is 0 Å². The van der Waals surface area contributed by atoms with Gasteiger partial charge < -0.3 is 19.7 Å². The maximum Gasteiger partial charge on any atom is 0.258 e. The quantitative estimate of drug-likeness (QED) is 0.899. The van der Waals surface area contributed by atoms with Crippen molar-refractivity contribution in [2.45, 2.75) is 24.8 Å². The zero-order valence-electron chi connectivity index (χ0n) is 11.0. The van der Waals surface area contributed by atoms with E-state index in [2.05, 4.69) is 10.1 Å².